The molecule has 0 N–H and O–H groups in total. The van der Waals surface area contributed by atoms with Gasteiger partial charge in [0.1, 0.15) is 0 Å². The van der Waals surface area contributed by atoms with Crippen LogP contribution >= 0.6 is 0 Å². The van der Waals surface area contributed by atoms with Crippen molar-refractivity contribution in [3.8, 4) is 0 Å². The molecule has 0 bridgehead atoms. The normalized spacial score (nSPS) is 17.2. The van der Waals surface area contributed by atoms with Crippen LogP contribution in [0.15, 0.2) is 42.6 Å². The van der Waals surface area contributed by atoms with Crippen molar-refractivity contribution >= 4 is 32.6 Å². The lowest BCUT2D eigenvalue weighted by molar-refractivity contribution is 0.387. The number of aromatic nitrogens is 2. The summed E-state index contributed by atoms with van der Waals surface area (Å²) in [4.78, 5) is 4.49. The van der Waals surface area contributed by atoms with Gasteiger partial charge in [-0.15, -0.1) is 0 Å². The predicted molar refractivity (Wildman–Crippen MR) is 98.6 cm³/mol. The maximum atomic E-state index is 5.43. The van der Waals surface area contributed by atoms with Gasteiger partial charge in [0.15, 0.2) is 0 Å². The highest BCUT2D eigenvalue weighted by molar-refractivity contribution is 6.14. The van der Waals surface area contributed by atoms with Gasteiger partial charge in [-0.1, -0.05) is 18.2 Å². The van der Waals surface area contributed by atoms with E-state index in [1.807, 2.05) is 6.20 Å². The number of nitrogens with zero attached hydrogens (tertiary/aromatic N) is 2. The molecule has 1 aliphatic rings. The van der Waals surface area contributed by atoms with Crippen LogP contribution in [0.5, 0.6) is 0 Å². The summed E-state index contributed by atoms with van der Waals surface area (Å²) in [5.74, 6) is 0. The molecule has 1 unspecified atom stereocenters. The minimum absolute atomic E-state index is 0.452. The number of aryl methyl sites for hydroxylation is 3. The van der Waals surface area contributed by atoms with Gasteiger partial charge < -0.3 is 9.30 Å². The van der Waals surface area contributed by atoms with Gasteiger partial charge in [-0.25, -0.2) is 0 Å². The average molecular weight is 316 g/mol. The lowest BCUT2D eigenvalue weighted by atomic mass is 10.0. The first-order chi connectivity index (χ1) is 11.7. The Morgan fingerprint density at radius 2 is 1.92 bits per heavy atom. The molecular weight excluding hydrogens is 296 g/mol. The van der Waals surface area contributed by atoms with Crippen LogP contribution in [0.4, 0.5) is 0 Å². The smallest absolute Gasteiger partial charge is 0.0826 e. The van der Waals surface area contributed by atoms with Crippen LogP contribution in [0.2, 0.25) is 0 Å². The zero-order valence-corrected chi connectivity index (χ0v) is 14.0. The number of ether oxygens (including phenoxy) is 1. The Morgan fingerprint density at radius 1 is 1.08 bits per heavy atom. The lowest BCUT2D eigenvalue weighted by Crippen LogP contribution is -2.02. The third-order valence-electron chi connectivity index (χ3n) is 5.32. The Labute approximate surface area is 140 Å². The summed E-state index contributed by atoms with van der Waals surface area (Å²) >= 11 is 0. The van der Waals surface area contributed by atoms with Gasteiger partial charge in [0.25, 0.3) is 0 Å². The fourth-order valence-corrected chi connectivity index (χ4v) is 3.98. The molecule has 0 saturated carbocycles. The van der Waals surface area contributed by atoms with Gasteiger partial charge in [0.2, 0.25) is 0 Å². The Morgan fingerprint density at radius 3 is 2.75 bits per heavy atom. The summed E-state index contributed by atoms with van der Waals surface area (Å²) in [5, 5.41) is 5.23. The summed E-state index contributed by atoms with van der Waals surface area (Å²) in [6.07, 6.45) is 3.45. The second-order valence-electron chi connectivity index (χ2n) is 6.80. The molecule has 0 radical (unpaired) electrons. The molecule has 1 aliphatic heterocycles. The van der Waals surface area contributed by atoms with E-state index < -0.39 is 0 Å². The molecule has 4 aromatic rings. The number of fused-ring (bicyclic) bond motifs is 4. The van der Waals surface area contributed by atoms with E-state index in [2.05, 4.69) is 59.8 Å². The van der Waals surface area contributed by atoms with Crippen LogP contribution in [0.3, 0.4) is 0 Å². The van der Waals surface area contributed by atoms with Crippen LogP contribution in [-0.2, 0) is 11.3 Å². The number of epoxide rings is 1. The number of pyridine rings is 1. The second-order valence-corrected chi connectivity index (χ2v) is 6.80. The molecule has 2 aromatic carbocycles. The standard InChI is InChI=1S/C21H20N2O/c1-13-16-7-9-22-14(2)18(16)11-19-17-5-3-4-6-20(17)23(21(13)19)10-8-15-12-24-15/h3-7,9,11,15H,8,10,12H2,1-2H3. The topological polar surface area (TPSA) is 30.4 Å². The molecule has 2 aromatic heterocycles. The molecule has 0 aliphatic carbocycles. The van der Waals surface area contributed by atoms with Crippen molar-refractivity contribution in [1.82, 2.24) is 9.55 Å². The number of hydrogen-bond donors (Lipinski definition) is 0. The van der Waals surface area contributed by atoms with Gasteiger partial charge >= 0.3 is 0 Å². The molecule has 5 rings (SSSR count). The minimum Gasteiger partial charge on any atom is -0.373 e. The number of para-hydroxylation sites is 1. The van der Waals surface area contributed by atoms with Crippen molar-refractivity contribution < 1.29 is 4.74 Å². The van der Waals surface area contributed by atoms with E-state index in [0.717, 1.165) is 25.3 Å². The van der Waals surface area contributed by atoms with E-state index in [1.165, 1.54) is 38.1 Å². The van der Waals surface area contributed by atoms with Crippen molar-refractivity contribution in [1.29, 1.82) is 0 Å². The van der Waals surface area contributed by atoms with Crippen LogP contribution in [0.25, 0.3) is 32.6 Å². The number of hydrogen-bond acceptors (Lipinski definition) is 2. The van der Waals surface area contributed by atoms with Crippen molar-refractivity contribution in [2.45, 2.75) is 32.9 Å². The first kappa shape index (κ1) is 14.0. The van der Waals surface area contributed by atoms with E-state index >= 15 is 0 Å². The van der Waals surface area contributed by atoms with Gasteiger partial charge in [0, 0.05) is 40.1 Å². The highest BCUT2D eigenvalue weighted by Crippen LogP contribution is 2.36. The van der Waals surface area contributed by atoms with Crippen molar-refractivity contribution in [2.75, 3.05) is 6.61 Å². The fraction of sp³-hybridized carbons (Fsp3) is 0.286. The van der Waals surface area contributed by atoms with Crippen molar-refractivity contribution in [3.05, 3.63) is 53.9 Å². The number of benzene rings is 2. The van der Waals surface area contributed by atoms with Gasteiger partial charge in [-0.3, -0.25) is 4.98 Å². The molecular formula is C21H20N2O. The highest BCUT2D eigenvalue weighted by Gasteiger charge is 2.23. The summed E-state index contributed by atoms with van der Waals surface area (Å²) in [5.41, 5.74) is 5.12. The fourth-order valence-electron chi connectivity index (χ4n) is 3.98. The second kappa shape index (κ2) is 5.05. The molecule has 120 valence electrons. The summed E-state index contributed by atoms with van der Waals surface area (Å²) in [6, 6.07) is 13.2. The molecule has 1 fully saturated rings. The van der Waals surface area contributed by atoms with Gasteiger partial charge in [-0.2, -0.15) is 0 Å². The average Bonchev–Trinajstić information content (AvgIpc) is 3.37. The Hall–Kier alpha value is -2.39. The monoisotopic (exact) mass is 316 g/mol. The third-order valence-corrected chi connectivity index (χ3v) is 5.32. The van der Waals surface area contributed by atoms with Crippen LogP contribution in [0, 0.1) is 13.8 Å². The van der Waals surface area contributed by atoms with Crippen LogP contribution in [-0.4, -0.2) is 22.3 Å². The van der Waals surface area contributed by atoms with E-state index in [0.29, 0.717) is 6.10 Å². The van der Waals surface area contributed by atoms with E-state index in [9.17, 15) is 0 Å². The van der Waals surface area contributed by atoms with E-state index in [1.54, 1.807) is 0 Å². The van der Waals surface area contributed by atoms with Crippen molar-refractivity contribution in [2.24, 2.45) is 0 Å². The molecule has 1 atom stereocenters. The van der Waals surface area contributed by atoms with Crippen molar-refractivity contribution in [3.63, 3.8) is 0 Å². The van der Waals surface area contributed by atoms with Gasteiger partial charge in [0.05, 0.1) is 18.2 Å². The predicted octanol–water partition coefficient (Wildman–Crippen LogP) is 4.75. The number of rotatable bonds is 3. The maximum Gasteiger partial charge on any atom is 0.0826 e. The summed E-state index contributed by atoms with van der Waals surface area (Å²) < 4.78 is 7.91. The Bertz CT molecular complexity index is 1090. The molecule has 0 spiro atoms. The van der Waals surface area contributed by atoms with Crippen LogP contribution < -0.4 is 0 Å². The zero-order chi connectivity index (χ0) is 16.3. The molecule has 0 amide bonds. The van der Waals surface area contributed by atoms with E-state index in [4.69, 9.17) is 4.74 Å². The maximum absolute atomic E-state index is 5.43. The third kappa shape index (κ3) is 1.98. The zero-order valence-electron chi connectivity index (χ0n) is 14.0. The van der Waals surface area contributed by atoms with Gasteiger partial charge in [-0.05, 0) is 49.4 Å². The Balaban J connectivity index is 1.90. The summed E-state index contributed by atoms with van der Waals surface area (Å²) in [7, 11) is 0. The van der Waals surface area contributed by atoms with E-state index in [-0.39, 0.29) is 0 Å². The SMILES string of the molecule is Cc1nccc2c(C)c3c(cc12)c1ccccc1n3CCC1CO1. The van der Waals surface area contributed by atoms with Crippen LogP contribution in [0.1, 0.15) is 17.7 Å². The Kier molecular flexibility index (Phi) is 2.95. The minimum atomic E-state index is 0.452. The molecule has 3 nitrogen and oxygen atoms in total. The molecule has 3 heterocycles. The summed E-state index contributed by atoms with van der Waals surface area (Å²) in [6.45, 7) is 6.26. The first-order valence-electron chi connectivity index (χ1n) is 8.61. The lowest BCUT2D eigenvalue weighted by Gasteiger charge is -2.11. The first-order valence-corrected chi connectivity index (χ1v) is 8.61. The quantitative estimate of drug-likeness (QED) is 0.511. The molecule has 1 saturated heterocycles. The molecule has 24 heavy (non-hydrogen) atoms. The largest absolute Gasteiger partial charge is 0.373 e. The molecule has 3 heteroatoms. The highest BCUT2D eigenvalue weighted by atomic mass is 16.6.